The van der Waals surface area contributed by atoms with Crippen LogP contribution in [0.5, 0.6) is 0 Å². The molecule has 0 unspecified atom stereocenters. The van der Waals surface area contributed by atoms with E-state index in [1.807, 2.05) is 0 Å². The van der Waals surface area contributed by atoms with Gasteiger partial charge in [0.25, 0.3) is 0 Å². The third-order valence-corrected chi connectivity index (χ3v) is 10.9. The zero-order valence-corrected chi connectivity index (χ0v) is 20.0. The van der Waals surface area contributed by atoms with Crippen LogP contribution < -0.4 is 15.9 Å². The average Bonchev–Trinajstić information content (AvgIpc) is 2.82. The van der Waals surface area contributed by atoms with E-state index >= 15 is 0 Å². The highest BCUT2D eigenvalue weighted by atomic mass is 32.2. The Bertz CT molecular complexity index is 1130. The second-order valence-electron chi connectivity index (χ2n) is 7.35. The van der Waals surface area contributed by atoms with Crippen molar-refractivity contribution in [2.45, 2.75) is 18.7 Å². The second-order valence-corrected chi connectivity index (χ2v) is 12.5. The van der Waals surface area contributed by atoms with Crippen molar-refractivity contribution in [3.05, 3.63) is 121 Å². The zero-order chi connectivity index (χ0) is 23.0. The lowest BCUT2D eigenvalue weighted by molar-refractivity contribution is 0.462. The lowest BCUT2D eigenvalue weighted by Gasteiger charge is -2.26. The van der Waals surface area contributed by atoms with Gasteiger partial charge in [-0.05, 0) is 61.9 Å². The number of hydrogen-bond acceptors (Lipinski definition) is 3. The first-order chi connectivity index (χ1) is 15.4. The van der Waals surface area contributed by atoms with Crippen LogP contribution in [0.3, 0.4) is 0 Å². The third kappa shape index (κ3) is 5.34. The second kappa shape index (κ2) is 10.7. The Morgan fingerprint density at radius 1 is 0.625 bits per heavy atom. The fourth-order valence-corrected chi connectivity index (χ4v) is 8.62. The van der Waals surface area contributed by atoms with Crippen molar-refractivity contribution in [3.63, 3.8) is 0 Å². The summed E-state index contributed by atoms with van der Waals surface area (Å²) in [6.07, 6.45) is 1.14. The molecule has 5 heteroatoms. The predicted molar refractivity (Wildman–Crippen MR) is 135 cm³/mol. The molecule has 32 heavy (non-hydrogen) atoms. The maximum atomic E-state index is 10.5. The summed E-state index contributed by atoms with van der Waals surface area (Å²) >= 11 is 0. The third-order valence-electron chi connectivity index (χ3n) is 5.43. The summed E-state index contributed by atoms with van der Waals surface area (Å²) in [6.45, 7) is 3.91. The van der Waals surface area contributed by atoms with Crippen LogP contribution in [-0.2, 0) is 10.1 Å². The van der Waals surface area contributed by atoms with Crippen LogP contribution in [0.4, 0.5) is 0 Å². The number of benzene rings is 4. The molecule has 0 heterocycles. The number of rotatable bonds is 5. The predicted octanol–water partition coefficient (Wildman–Crippen LogP) is 4.90. The highest BCUT2D eigenvalue weighted by molar-refractivity contribution is 7.95. The lowest BCUT2D eigenvalue weighted by Crippen LogP contribution is -2.32. The van der Waals surface area contributed by atoms with Crippen LogP contribution in [0.15, 0.2) is 120 Å². The number of hydrogen-bond donors (Lipinski definition) is 0. The van der Waals surface area contributed by atoms with E-state index in [-0.39, 0.29) is 4.90 Å². The molecule has 164 valence electrons. The van der Waals surface area contributed by atoms with Gasteiger partial charge in [0, 0.05) is 0 Å². The van der Waals surface area contributed by atoms with Gasteiger partial charge in [0.1, 0.15) is 33.3 Å². The monoisotopic (exact) mass is 462 g/mol. The molecular formula is C27H27O3PS. The highest BCUT2D eigenvalue weighted by Crippen LogP contribution is 2.54. The first-order valence-corrected chi connectivity index (χ1v) is 13.8. The molecule has 0 aliphatic heterocycles. The van der Waals surface area contributed by atoms with Gasteiger partial charge in [0.05, 0.1) is 11.1 Å². The summed E-state index contributed by atoms with van der Waals surface area (Å²) in [6, 6.07) is 39.1. The fraction of sp³-hybridized carbons (Fsp3) is 0.111. The molecule has 0 atom stereocenters. The molecular weight excluding hydrogens is 435 g/mol. The standard InChI is InChI=1S/C20H20P.C7H8O3S/c1-2-21(18-12-6-3-7-13-18,19-14-8-4-9-15-19)20-16-10-5-11-17-20;1-6-4-2-3-5-7(6)11(8,9)10/h3-17H,2H2,1H3;2-5H,1H3,(H,8,9,10)/q+1;/p-1. The number of aryl methyl sites for hydroxylation is 1. The topological polar surface area (TPSA) is 57.2 Å². The molecule has 0 aliphatic carbocycles. The van der Waals surface area contributed by atoms with E-state index in [4.69, 9.17) is 0 Å². The molecule has 0 N–H and O–H groups in total. The largest absolute Gasteiger partial charge is 0.744 e. The molecule has 0 saturated heterocycles. The summed E-state index contributed by atoms with van der Waals surface area (Å²) in [7, 11) is -5.82. The fourth-order valence-electron chi connectivity index (χ4n) is 3.88. The van der Waals surface area contributed by atoms with Gasteiger partial charge in [-0.1, -0.05) is 72.8 Å². The van der Waals surface area contributed by atoms with Crippen molar-refractivity contribution in [3.8, 4) is 0 Å². The van der Waals surface area contributed by atoms with Crippen molar-refractivity contribution in [1.82, 2.24) is 0 Å². The van der Waals surface area contributed by atoms with Gasteiger partial charge >= 0.3 is 0 Å². The van der Waals surface area contributed by atoms with Crippen LogP contribution in [0.1, 0.15) is 12.5 Å². The van der Waals surface area contributed by atoms with Crippen molar-refractivity contribution in [2.75, 3.05) is 6.16 Å². The minimum atomic E-state index is -4.28. The summed E-state index contributed by atoms with van der Waals surface area (Å²) in [5.41, 5.74) is 0.488. The Labute approximate surface area is 191 Å². The van der Waals surface area contributed by atoms with Gasteiger partial charge in [0.2, 0.25) is 0 Å². The van der Waals surface area contributed by atoms with Gasteiger partial charge in [-0.3, -0.25) is 0 Å². The highest BCUT2D eigenvalue weighted by Gasteiger charge is 2.43. The molecule has 3 nitrogen and oxygen atoms in total. The van der Waals surface area contributed by atoms with E-state index in [2.05, 4.69) is 97.9 Å². The van der Waals surface area contributed by atoms with Gasteiger partial charge in [-0.15, -0.1) is 0 Å². The van der Waals surface area contributed by atoms with Gasteiger partial charge in [-0.25, -0.2) is 8.42 Å². The molecule has 0 bridgehead atoms. The first-order valence-electron chi connectivity index (χ1n) is 10.5. The van der Waals surface area contributed by atoms with Crippen molar-refractivity contribution >= 4 is 33.3 Å². The Hall–Kier alpha value is -2.78. The maximum absolute atomic E-state index is 10.5. The van der Waals surface area contributed by atoms with Gasteiger partial charge in [-0.2, -0.15) is 0 Å². The molecule has 4 rings (SSSR count). The molecule has 0 fully saturated rings. The van der Waals surface area contributed by atoms with Gasteiger partial charge < -0.3 is 4.55 Å². The molecule has 0 radical (unpaired) electrons. The first kappa shape index (κ1) is 23.9. The summed E-state index contributed by atoms with van der Waals surface area (Å²) in [4.78, 5) is -0.139. The van der Waals surface area contributed by atoms with E-state index in [0.717, 1.165) is 6.16 Å². The van der Waals surface area contributed by atoms with E-state index < -0.39 is 17.4 Å². The molecule has 4 aromatic carbocycles. The maximum Gasteiger partial charge on any atom is 0.124 e. The van der Waals surface area contributed by atoms with Crippen LogP contribution in [0.25, 0.3) is 0 Å². The van der Waals surface area contributed by atoms with Crippen LogP contribution >= 0.6 is 7.26 Å². The molecule has 0 aliphatic rings. The van der Waals surface area contributed by atoms with Gasteiger partial charge in [0.15, 0.2) is 0 Å². The molecule has 4 aromatic rings. The zero-order valence-electron chi connectivity index (χ0n) is 18.3. The smallest absolute Gasteiger partial charge is 0.124 e. The Kier molecular flexibility index (Phi) is 7.98. The average molecular weight is 463 g/mol. The normalized spacial score (nSPS) is 11.3. The Balaban J connectivity index is 0.000000222. The molecule has 0 aromatic heterocycles. The molecule has 0 spiro atoms. The van der Waals surface area contributed by atoms with Crippen LogP contribution in [0, 0.1) is 6.92 Å². The minimum absolute atomic E-state index is 0.139. The van der Waals surface area contributed by atoms with Crippen molar-refractivity contribution < 1.29 is 13.0 Å². The van der Waals surface area contributed by atoms with E-state index in [9.17, 15) is 13.0 Å². The van der Waals surface area contributed by atoms with Crippen LogP contribution in [-0.4, -0.2) is 19.1 Å². The quantitative estimate of drug-likeness (QED) is 0.313. The lowest BCUT2D eigenvalue weighted by atomic mass is 10.2. The van der Waals surface area contributed by atoms with Crippen molar-refractivity contribution in [1.29, 1.82) is 0 Å². The van der Waals surface area contributed by atoms with Crippen molar-refractivity contribution in [2.24, 2.45) is 0 Å². The Morgan fingerprint density at radius 3 is 1.25 bits per heavy atom. The molecule has 0 amide bonds. The summed E-state index contributed by atoms with van der Waals surface area (Å²) in [5, 5.41) is 4.39. The minimum Gasteiger partial charge on any atom is -0.744 e. The van der Waals surface area contributed by atoms with Crippen LogP contribution in [0.2, 0.25) is 0 Å². The Morgan fingerprint density at radius 2 is 0.969 bits per heavy atom. The molecule has 0 saturated carbocycles. The summed E-state index contributed by atoms with van der Waals surface area (Å²) in [5.74, 6) is 0. The SMILES string of the molecule is CC[P+](c1ccccc1)(c1ccccc1)c1ccccc1.Cc1ccccc1S(=O)(=O)[O-]. The van der Waals surface area contributed by atoms with E-state index in [1.54, 1.807) is 19.1 Å². The summed E-state index contributed by atoms with van der Waals surface area (Å²) < 4.78 is 31.5. The van der Waals surface area contributed by atoms with E-state index in [0.29, 0.717) is 5.56 Å². The van der Waals surface area contributed by atoms with E-state index in [1.165, 1.54) is 28.0 Å².